The average molecular weight is 366 g/mol. The molecule has 0 N–H and O–H groups in total. The van der Waals surface area contributed by atoms with Crippen molar-refractivity contribution < 1.29 is 9.59 Å². The van der Waals surface area contributed by atoms with Gasteiger partial charge in [-0.25, -0.2) is 0 Å². The predicted molar refractivity (Wildman–Crippen MR) is 104 cm³/mol. The molecule has 0 unspecified atom stereocenters. The zero-order chi connectivity index (χ0) is 19.2. The second kappa shape index (κ2) is 8.77. The van der Waals surface area contributed by atoms with Crippen LogP contribution in [0.1, 0.15) is 33.2 Å². The number of hydrogen-bond acceptors (Lipinski definition) is 4. The summed E-state index contributed by atoms with van der Waals surface area (Å²) in [5, 5.41) is 0. The van der Waals surface area contributed by atoms with Crippen LogP contribution in [0.3, 0.4) is 0 Å². The second-order valence-electron chi connectivity index (χ2n) is 6.86. The molecular formula is C21H26N4O2. The number of nitrogens with zero attached hydrogens (tertiary/aromatic N) is 4. The molecule has 0 bridgehead atoms. The number of amides is 2. The highest BCUT2D eigenvalue weighted by Gasteiger charge is 2.22. The van der Waals surface area contributed by atoms with Gasteiger partial charge in [-0.2, -0.15) is 0 Å². The lowest BCUT2D eigenvalue weighted by molar-refractivity contribution is 0.0663. The highest BCUT2D eigenvalue weighted by atomic mass is 16.2. The number of pyridine rings is 1. The molecule has 0 saturated carbocycles. The van der Waals surface area contributed by atoms with Crippen molar-refractivity contribution in [1.29, 1.82) is 0 Å². The Morgan fingerprint density at radius 3 is 2.37 bits per heavy atom. The first kappa shape index (κ1) is 19.0. The summed E-state index contributed by atoms with van der Waals surface area (Å²) in [6, 6.07) is 11.6. The molecule has 27 heavy (non-hydrogen) atoms. The topological polar surface area (TPSA) is 56.8 Å². The van der Waals surface area contributed by atoms with E-state index < -0.39 is 0 Å². The van der Waals surface area contributed by atoms with Gasteiger partial charge in [0.25, 0.3) is 11.8 Å². The second-order valence-corrected chi connectivity index (χ2v) is 6.86. The van der Waals surface area contributed by atoms with Gasteiger partial charge in [-0.15, -0.1) is 0 Å². The summed E-state index contributed by atoms with van der Waals surface area (Å²) < 4.78 is 0. The van der Waals surface area contributed by atoms with Crippen molar-refractivity contribution in [3.8, 4) is 0 Å². The van der Waals surface area contributed by atoms with E-state index in [-0.39, 0.29) is 11.8 Å². The van der Waals surface area contributed by atoms with E-state index in [4.69, 9.17) is 0 Å². The molecule has 2 heterocycles. The van der Waals surface area contributed by atoms with Gasteiger partial charge in [0.2, 0.25) is 0 Å². The van der Waals surface area contributed by atoms with Gasteiger partial charge in [0.15, 0.2) is 0 Å². The summed E-state index contributed by atoms with van der Waals surface area (Å²) in [7, 11) is 2.05. The van der Waals surface area contributed by atoms with E-state index in [2.05, 4.69) is 16.9 Å². The molecule has 1 aromatic heterocycles. The molecule has 2 aromatic rings. The molecule has 0 spiro atoms. The van der Waals surface area contributed by atoms with Gasteiger partial charge in [0, 0.05) is 51.7 Å². The van der Waals surface area contributed by atoms with E-state index in [9.17, 15) is 9.59 Å². The number of likely N-dealkylation sites (N-methyl/N-ethyl adjacent to an activating group) is 1. The van der Waals surface area contributed by atoms with Gasteiger partial charge in [0.1, 0.15) is 0 Å². The molecule has 1 aliphatic rings. The molecular weight excluding hydrogens is 340 g/mol. The summed E-state index contributed by atoms with van der Waals surface area (Å²) in [5.74, 6) is -0.168. The van der Waals surface area contributed by atoms with Crippen molar-refractivity contribution >= 4 is 11.8 Å². The van der Waals surface area contributed by atoms with Crippen LogP contribution in [0.25, 0.3) is 0 Å². The standard InChI is InChI=1S/C21H26N4O2/c1-3-24(16-17-7-5-4-6-8-17)20(26)18-13-19(15-22-14-18)21(27)25-11-9-23(2)10-12-25/h4-8,13-15H,3,9-12,16H2,1-2H3. The Labute approximate surface area is 160 Å². The van der Waals surface area contributed by atoms with Crippen LogP contribution in [0.4, 0.5) is 0 Å². The molecule has 1 aromatic carbocycles. The molecule has 0 radical (unpaired) electrons. The molecule has 142 valence electrons. The third-order valence-electron chi connectivity index (χ3n) is 4.91. The third kappa shape index (κ3) is 4.71. The Balaban J connectivity index is 1.73. The van der Waals surface area contributed by atoms with E-state index in [1.807, 2.05) is 42.2 Å². The number of rotatable bonds is 5. The third-order valence-corrected chi connectivity index (χ3v) is 4.91. The molecule has 2 amide bonds. The van der Waals surface area contributed by atoms with Crippen LogP contribution in [-0.2, 0) is 6.54 Å². The van der Waals surface area contributed by atoms with Crippen molar-refractivity contribution in [3.63, 3.8) is 0 Å². The summed E-state index contributed by atoms with van der Waals surface area (Å²) in [4.78, 5) is 35.6. The minimum absolute atomic E-state index is 0.0589. The Morgan fingerprint density at radius 2 is 1.70 bits per heavy atom. The maximum atomic E-state index is 12.9. The lowest BCUT2D eigenvalue weighted by Gasteiger charge is -2.32. The highest BCUT2D eigenvalue weighted by molar-refractivity contribution is 5.99. The molecule has 6 nitrogen and oxygen atoms in total. The van der Waals surface area contributed by atoms with Crippen molar-refractivity contribution in [2.75, 3.05) is 39.8 Å². The minimum Gasteiger partial charge on any atom is -0.336 e. The SMILES string of the molecule is CCN(Cc1ccccc1)C(=O)c1cncc(C(=O)N2CCN(C)CC2)c1. The largest absolute Gasteiger partial charge is 0.336 e. The smallest absolute Gasteiger partial charge is 0.255 e. The van der Waals surface area contributed by atoms with Crippen molar-refractivity contribution in [2.45, 2.75) is 13.5 Å². The quantitative estimate of drug-likeness (QED) is 0.813. The van der Waals surface area contributed by atoms with Gasteiger partial charge >= 0.3 is 0 Å². The van der Waals surface area contributed by atoms with Crippen molar-refractivity contribution in [1.82, 2.24) is 19.7 Å². The van der Waals surface area contributed by atoms with Crippen LogP contribution in [0.15, 0.2) is 48.8 Å². The monoisotopic (exact) mass is 366 g/mol. The van der Waals surface area contributed by atoms with Crippen LogP contribution in [0, 0.1) is 0 Å². The van der Waals surface area contributed by atoms with Gasteiger partial charge in [-0.3, -0.25) is 14.6 Å². The summed E-state index contributed by atoms with van der Waals surface area (Å²) in [6.45, 7) is 6.19. The fraction of sp³-hybridized carbons (Fsp3) is 0.381. The van der Waals surface area contributed by atoms with Gasteiger partial charge < -0.3 is 14.7 Å². The maximum absolute atomic E-state index is 12.9. The fourth-order valence-corrected chi connectivity index (χ4v) is 3.18. The Kier molecular flexibility index (Phi) is 6.19. The first-order chi connectivity index (χ1) is 13.1. The molecule has 1 aliphatic heterocycles. The Bertz CT molecular complexity index is 786. The average Bonchev–Trinajstić information content (AvgIpc) is 2.72. The molecule has 0 atom stereocenters. The summed E-state index contributed by atoms with van der Waals surface area (Å²) in [6.07, 6.45) is 3.08. The van der Waals surface area contributed by atoms with E-state index in [1.165, 1.54) is 6.20 Å². The zero-order valence-electron chi connectivity index (χ0n) is 16.0. The fourth-order valence-electron chi connectivity index (χ4n) is 3.18. The normalized spacial score (nSPS) is 14.8. The molecule has 0 aliphatic carbocycles. The Hall–Kier alpha value is -2.73. The summed E-state index contributed by atoms with van der Waals surface area (Å²) in [5.41, 5.74) is 2.00. The van der Waals surface area contributed by atoms with E-state index in [1.54, 1.807) is 17.2 Å². The predicted octanol–water partition coefficient (Wildman–Crippen LogP) is 2.13. The van der Waals surface area contributed by atoms with Crippen LogP contribution in [0.5, 0.6) is 0 Å². The molecule has 3 rings (SSSR count). The van der Waals surface area contributed by atoms with Crippen LogP contribution in [-0.4, -0.2) is 71.3 Å². The molecule has 1 fully saturated rings. The lowest BCUT2D eigenvalue weighted by atomic mass is 10.1. The van der Waals surface area contributed by atoms with Crippen molar-refractivity contribution in [3.05, 3.63) is 65.5 Å². The minimum atomic E-state index is -0.109. The van der Waals surface area contributed by atoms with Crippen LogP contribution >= 0.6 is 0 Å². The highest BCUT2D eigenvalue weighted by Crippen LogP contribution is 2.13. The van der Waals surface area contributed by atoms with E-state index in [0.29, 0.717) is 37.3 Å². The maximum Gasteiger partial charge on any atom is 0.255 e. The van der Waals surface area contributed by atoms with E-state index in [0.717, 1.165) is 18.7 Å². The lowest BCUT2D eigenvalue weighted by Crippen LogP contribution is -2.47. The molecule has 6 heteroatoms. The number of carbonyl (C=O) groups excluding carboxylic acids is 2. The number of carbonyl (C=O) groups is 2. The number of piperazine rings is 1. The van der Waals surface area contributed by atoms with Gasteiger partial charge in [0.05, 0.1) is 11.1 Å². The van der Waals surface area contributed by atoms with Crippen molar-refractivity contribution in [2.24, 2.45) is 0 Å². The van der Waals surface area contributed by atoms with E-state index >= 15 is 0 Å². The number of aromatic nitrogens is 1. The van der Waals surface area contributed by atoms with Crippen LogP contribution < -0.4 is 0 Å². The number of hydrogen-bond donors (Lipinski definition) is 0. The van der Waals surface area contributed by atoms with Gasteiger partial charge in [-0.1, -0.05) is 30.3 Å². The van der Waals surface area contributed by atoms with Gasteiger partial charge in [-0.05, 0) is 25.6 Å². The Morgan fingerprint density at radius 1 is 1.04 bits per heavy atom. The first-order valence-electron chi connectivity index (χ1n) is 9.34. The first-order valence-corrected chi connectivity index (χ1v) is 9.34. The van der Waals surface area contributed by atoms with Crippen LogP contribution in [0.2, 0.25) is 0 Å². The summed E-state index contributed by atoms with van der Waals surface area (Å²) >= 11 is 0. The zero-order valence-corrected chi connectivity index (χ0v) is 16.0. The molecule has 1 saturated heterocycles. The number of benzene rings is 1.